The topological polar surface area (TPSA) is 58.6 Å². The quantitative estimate of drug-likeness (QED) is 0.560. The molecule has 1 aromatic carbocycles. The van der Waals surface area contributed by atoms with Gasteiger partial charge >= 0.3 is 12.3 Å². The van der Waals surface area contributed by atoms with E-state index in [4.69, 9.17) is 4.74 Å². The van der Waals surface area contributed by atoms with E-state index in [2.05, 4.69) is 25.9 Å². The van der Waals surface area contributed by atoms with Crippen LogP contribution in [-0.4, -0.2) is 52.7 Å². The zero-order chi connectivity index (χ0) is 21.6. The Bertz CT molecular complexity index is 938. The number of ether oxygens (including phenoxy) is 1. The Morgan fingerprint density at radius 2 is 1.76 bits per heavy atom. The molecule has 1 aliphatic heterocycles. The number of hydrogen-bond donors (Lipinski definition) is 0. The summed E-state index contributed by atoms with van der Waals surface area (Å²) < 4.78 is 59.1. The van der Waals surface area contributed by atoms with E-state index < -0.39 is 33.7 Å². The van der Waals surface area contributed by atoms with E-state index >= 15 is 0 Å². The highest BCUT2D eigenvalue weighted by Gasteiger charge is 2.36. The highest BCUT2D eigenvalue weighted by Crippen LogP contribution is 2.40. The maximum Gasteiger partial charge on any atom is 0.417 e. The van der Waals surface area contributed by atoms with Crippen LogP contribution in [0.2, 0.25) is 0 Å². The largest absolute Gasteiger partial charge is 0.444 e. The fourth-order valence-electron chi connectivity index (χ4n) is 3.01. The molecule has 0 aliphatic carbocycles. The minimum Gasteiger partial charge on any atom is -0.444 e. The Morgan fingerprint density at radius 1 is 1.14 bits per heavy atom. The molecular weight excluding hydrogens is 460 g/mol. The number of carbonyl (C=O) groups is 1. The van der Waals surface area contributed by atoms with Crippen LogP contribution in [0.5, 0.6) is 0 Å². The third-order valence-electron chi connectivity index (χ3n) is 4.32. The molecule has 1 aliphatic rings. The summed E-state index contributed by atoms with van der Waals surface area (Å²) in [5.41, 5.74) is -1.97. The van der Waals surface area contributed by atoms with Gasteiger partial charge in [-0.15, -0.1) is 0 Å². The van der Waals surface area contributed by atoms with Gasteiger partial charge in [0.05, 0.1) is 10.0 Å². The number of alkyl halides is 3. The molecule has 0 N–H and O–H groups in total. The summed E-state index contributed by atoms with van der Waals surface area (Å²) >= 11 is 2.68. The molecule has 0 saturated carbocycles. The second-order valence-electron chi connectivity index (χ2n) is 7.60. The van der Waals surface area contributed by atoms with Crippen molar-refractivity contribution in [3.8, 4) is 0 Å². The smallest absolute Gasteiger partial charge is 0.417 e. The van der Waals surface area contributed by atoms with Crippen molar-refractivity contribution in [2.75, 3.05) is 31.1 Å². The predicted molar refractivity (Wildman–Crippen MR) is 102 cm³/mol. The fourth-order valence-corrected chi connectivity index (χ4v) is 3.54. The molecule has 158 valence electrons. The summed E-state index contributed by atoms with van der Waals surface area (Å²) in [6.07, 6.45) is -4.09. The summed E-state index contributed by atoms with van der Waals surface area (Å²) in [7, 11) is 0. The normalized spacial score (nSPS) is 15.7. The lowest BCUT2D eigenvalue weighted by Gasteiger charge is -2.36. The molecule has 0 spiro atoms. The highest BCUT2D eigenvalue weighted by atomic mass is 79.9. The molecule has 1 amide bonds. The van der Waals surface area contributed by atoms with Crippen LogP contribution in [0.4, 0.5) is 28.2 Å². The van der Waals surface area contributed by atoms with Crippen molar-refractivity contribution < 1.29 is 27.1 Å². The first-order chi connectivity index (χ1) is 13.4. The minimum atomic E-state index is -4.74. The Hall–Kier alpha value is -2.17. The van der Waals surface area contributed by atoms with Crippen LogP contribution >= 0.6 is 15.9 Å². The summed E-state index contributed by atoms with van der Waals surface area (Å²) in [6.45, 7) is 6.50. The first kappa shape index (κ1) is 21.5. The van der Waals surface area contributed by atoms with E-state index in [-0.39, 0.29) is 16.7 Å². The average molecular weight is 479 g/mol. The van der Waals surface area contributed by atoms with E-state index in [0.717, 1.165) is 12.4 Å². The third kappa shape index (κ3) is 4.54. The molecule has 1 fully saturated rings. The van der Waals surface area contributed by atoms with Crippen molar-refractivity contribution in [2.24, 2.45) is 0 Å². The van der Waals surface area contributed by atoms with Crippen molar-refractivity contribution in [1.82, 2.24) is 14.9 Å². The van der Waals surface area contributed by atoms with Gasteiger partial charge in [0.2, 0.25) is 0 Å². The number of halogens is 5. The van der Waals surface area contributed by atoms with E-state index in [1.54, 1.807) is 25.7 Å². The van der Waals surface area contributed by atoms with Crippen molar-refractivity contribution in [2.45, 2.75) is 32.5 Å². The lowest BCUT2D eigenvalue weighted by atomic mass is 10.1. The van der Waals surface area contributed by atoms with Gasteiger partial charge in [0.1, 0.15) is 23.3 Å². The number of piperazine rings is 1. The lowest BCUT2D eigenvalue weighted by Crippen LogP contribution is -2.50. The van der Waals surface area contributed by atoms with Gasteiger partial charge in [-0.25, -0.2) is 19.2 Å². The maximum absolute atomic E-state index is 14.5. The number of carbonyl (C=O) groups excluding carboxylic acids is 1. The standard InChI is InChI=1S/C18H19BrF4N4O2/c1-17(2,3)29-16(28)27-6-4-26(5-7-27)15-10-8-11(18(21,22)23)12(19)13(20)14(10)24-9-25-15/h8-9H,4-7H2,1-3H3. The zero-order valence-electron chi connectivity index (χ0n) is 16.0. The molecule has 0 bridgehead atoms. The Kier molecular flexibility index (Phi) is 5.63. The lowest BCUT2D eigenvalue weighted by molar-refractivity contribution is -0.138. The van der Waals surface area contributed by atoms with Crippen LogP contribution in [0.25, 0.3) is 10.9 Å². The maximum atomic E-state index is 14.5. The molecule has 11 heteroatoms. The molecule has 29 heavy (non-hydrogen) atoms. The van der Waals surface area contributed by atoms with Crippen LogP contribution in [0.1, 0.15) is 26.3 Å². The molecule has 2 aromatic rings. The average Bonchev–Trinajstić information content (AvgIpc) is 2.62. The fraction of sp³-hybridized carbons (Fsp3) is 0.500. The van der Waals surface area contributed by atoms with Crippen LogP contribution in [0.3, 0.4) is 0 Å². The monoisotopic (exact) mass is 478 g/mol. The Labute approximate surface area is 173 Å². The van der Waals surface area contributed by atoms with Gasteiger partial charge in [-0.2, -0.15) is 13.2 Å². The molecular formula is C18H19BrF4N4O2. The van der Waals surface area contributed by atoms with E-state index in [1.807, 2.05) is 0 Å². The molecule has 6 nitrogen and oxygen atoms in total. The van der Waals surface area contributed by atoms with Gasteiger partial charge in [-0.3, -0.25) is 0 Å². The van der Waals surface area contributed by atoms with Crippen molar-refractivity contribution >= 4 is 38.7 Å². The molecule has 3 rings (SSSR count). The van der Waals surface area contributed by atoms with Gasteiger partial charge in [-0.1, -0.05) is 0 Å². The van der Waals surface area contributed by atoms with Crippen LogP contribution in [0.15, 0.2) is 16.9 Å². The van der Waals surface area contributed by atoms with E-state index in [0.29, 0.717) is 26.2 Å². The number of anilines is 1. The highest BCUT2D eigenvalue weighted by molar-refractivity contribution is 9.10. The molecule has 2 heterocycles. The van der Waals surface area contributed by atoms with E-state index in [9.17, 15) is 22.4 Å². The van der Waals surface area contributed by atoms with Crippen LogP contribution in [-0.2, 0) is 10.9 Å². The van der Waals surface area contributed by atoms with Crippen molar-refractivity contribution in [3.63, 3.8) is 0 Å². The molecule has 0 unspecified atom stereocenters. The first-order valence-electron chi connectivity index (χ1n) is 8.81. The third-order valence-corrected chi connectivity index (χ3v) is 5.10. The Morgan fingerprint density at radius 3 is 2.31 bits per heavy atom. The van der Waals surface area contributed by atoms with Gasteiger partial charge < -0.3 is 14.5 Å². The zero-order valence-corrected chi connectivity index (χ0v) is 17.6. The van der Waals surface area contributed by atoms with E-state index in [1.165, 1.54) is 4.90 Å². The number of nitrogens with zero attached hydrogens (tertiary/aromatic N) is 4. The van der Waals surface area contributed by atoms with Gasteiger partial charge in [0.25, 0.3) is 0 Å². The van der Waals surface area contributed by atoms with Crippen molar-refractivity contribution in [1.29, 1.82) is 0 Å². The number of aromatic nitrogens is 2. The van der Waals surface area contributed by atoms with Crippen molar-refractivity contribution in [3.05, 3.63) is 28.2 Å². The van der Waals surface area contributed by atoms with Gasteiger partial charge in [-0.05, 0) is 42.8 Å². The second kappa shape index (κ2) is 7.58. The number of rotatable bonds is 1. The number of amides is 1. The number of benzene rings is 1. The summed E-state index contributed by atoms with van der Waals surface area (Å²) in [5, 5.41) is -0.0359. The van der Waals surface area contributed by atoms with Crippen LogP contribution < -0.4 is 4.90 Å². The summed E-state index contributed by atoms with van der Waals surface area (Å²) in [5.74, 6) is -0.901. The molecule has 0 atom stereocenters. The molecule has 0 radical (unpaired) electrons. The number of hydrogen-bond acceptors (Lipinski definition) is 5. The first-order valence-corrected chi connectivity index (χ1v) is 9.60. The SMILES string of the molecule is CC(C)(C)OC(=O)N1CCN(c2ncnc3c(F)c(Br)c(C(F)(F)F)cc23)CC1. The van der Waals surface area contributed by atoms with Crippen LogP contribution in [0, 0.1) is 5.82 Å². The van der Waals surface area contributed by atoms with Gasteiger partial charge in [0, 0.05) is 31.6 Å². The molecule has 1 saturated heterocycles. The summed E-state index contributed by atoms with van der Waals surface area (Å²) in [6, 6.07) is 0.845. The predicted octanol–water partition coefficient (Wildman–Crippen LogP) is 4.61. The summed E-state index contributed by atoms with van der Waals surface area (Å²) in [4.78, 5) is 23.3. The Balaban J connectivity index is 1.90. The number of fused-ring (bicyclic) bond motifs is 1. The minimum absolute atomic E-state index is 0.0359. The van der Waals surface area contributed by atoms with Gasteiger partial charge in [0.15, 0.2) is 5.82 Å². The molecule has 1 aromatic heterocycles. The second-order valence-corrected chi connectivity index (χ2v) is 8.39.